The van der Waals surface area contributed by atoms with Crippen LogP contribution in [-0.2, 0) is 6.54 Å². The number of aryl methyl sites for hydroxylation is 1. The Morgan fingerprint density at radius 3 is 2.85 bits per heavy atom. The molecule has 1 aromatic carbocycles. The standard InChI is InChI=1S/C15H19F2N3/c1-2-15(13-5-4-12(16)10-14(13)17)19-6-3-8-20-9-7-18-11-20/h4-5,7,9-11,15,19H,2-3,6,8H2,1H3. The lowest BCUT2D eigenvalue weighted by atomic mass is 10.0. The third kappa shape index (κ3) is 3.87. The number of aromatic nitrogens is 2. The fourth-order valence-corrected chi connectivity index (χ4v) is 2.22. The number of nitrogens with zero attached hydrogens (tertiary/aromatic N) is 2. The van der Waals surface area contributed by atoms with Gasteiger partial charge in [0.1, 0.15) is 11.6 Å². The summed E-state index contributed by atoms with van der Waals surface area (Å²) >= 11 is 0. The van der Waals surface area contributed by atoms with E-state index >= 15 is 0 Å². The first-order valence-electron chi connectivity index (χ1n) is 6.84. The van der Waals surface area contributed by atoms with Gasteiger partial charge in [-0.15, -0.1) is 0 Å². The van der Waals surface area contributed by atoms with Crippen molar-refractivity contribution in [2.75, 3.05) is 6.54 Å². The van der Waals surface area contributed by atoms with Crippen molar-refractivity contribution in [2.45, 2.75) is 32.4 Å². The van der Waals surface area contributed by atoms with E-state index in [9.17, 15) is 8.78 Å². The molecule has 1 heterocycles. The number of imidazole rings is 1. The summed E-state index contributed by atoms with van der Waals surface area (Å²) < 4.78 is 28.6. The zero-order valence-electron chi connectivity index (χ0n) is 11.5. The maximum Gasteiger partial charge on any atom is 0.130 e. The summed E-state index contributed by atoms with van der Waals surface area (Å²) in [4.78, 5) is 3.98. The number of benzene rings is 1. The SMILES string of the molecule is CCC(NCCCn1ccnc1)c1ccc(F)cc1F. The maximum absolute atomic E-state index is 13.7. The molecular formula is C15H19F2N3. The van der Waals surface area contributed by atoms with Gasteiger partial charge in [0.05, 0.1) is 6.33 Å². The van der Waals surface area contributed by atoms with E-state index in [2.05, 4.69) is 10.3 Å². The van der Waals surface area contributed by atoms with Crippen molar-refractivity contribution < 1.29 is 8.78 Å². The zero-order chi connectivity index (χ0) is 14.4. The highest BCUT2D eigenvalue weighted by atomic mass is 19.1. The summed E-state index contributed by atoms with van der Waals surface area (Å²) in [6.45, 7) is 3.62. The molecule has 2 aromatic rings. The fourth-order valence-electron chi connectivity index (χ4n) is 2.22. The molecule has 3 nitrogen and oxygen atoms in total. The van der Waals surface area contributed by atoms with Crippen molar-refractivity contribution in [1.82, 2.24) is 14.9 Å². The van der Waals surface area contributed by atoms with Crippen LogP contribution in [0, 0.1) is 11.6 Å². The van der Waals surface area contributed by atoms with Crippen LogP contribution in [0.2, 0.25) is 0 Å². The smallest absolute Gasteiger partial charge is 0.130 e. The fraction of sp³-hybridized carbons (Fsp3) is 0.400. The van der Waals surface area contributed by atoms with Crippen LogP contribution in [-0.4, -0.2) is 16.1 Å². The molecule has 0 fully saturated rings. The van der Waals surface area contributed by atoms with E-state index in [0.29, 0.717) is 5.56 Å². The number of hydrogen-bond acceptors (Lipinski definition) is 2. The minimum atomic E-state index is -0.541. The average Bonchev–Trinajstić information content (AvgIpc) is 2.93. The Balaban J connectivity index is 1.85. The highest BCUT2D eigenvalue weighted by Crippen LogP contribution is 2.20. The van der Waals surface area contributed by atoms with E-state index < -0.39 is 11.6 Å². The van der Waals surface area contributed by atoms with Gasteiger partial charge in [0.25, 0.3) is 0 Å². The second-order valence-electron chi connectivity index (χ2n) is 4.73. The predicted octanol–water partition coefficient (Wildman–Crippen LogP) is 3.29. The number of halogens is 2. The molecule has 0 amide bonds. The molecule has 0 bridgehead atoms. The predicted molar refractivity (Wildman–Crippen MR) is 74.2 cm³/mol. The van der Waals surface area contributed by atoms with Crippen molar-refractivity contribution >= 4 is 0 Å². The summed E-state index contributed by atoms with van der Waals surface area (Å²) in [5.74, 6) is -1.03. The minimum absolute atomic E-state index is 0.0848. The summed E-state index contributed by atoms with van der Waals surface area (Å²) in [6, 6.07) is 3.67. The minimum Gasteiger partial charge on any atom is -0.337 e. The van der Waals surface area contributed by atoms with Crippen molar-refractivity contribution in [1.29, 1.82) is 0 Å². The molecular weight excluding hydrogens is 260 g/mol. The van der Waals surface area contributed by atoms with E-state index in [1.165, 1.54) is 12.1 Å². The summed E-state index contributed by atoms with van der Waals surface area (Å²) in [5.41, 5.74) is 0.525. The quantitative estimate of drug-likeness (QED) is 0.788. The Morgan fingerprint density at radius 2 is 2.20 bits per heavy atom. The molecule has 0 aliphatic carbocycles. The molecule has 0 radical (unpaired) electrons. The van der Waals surface area contributed by atoms with Crippen LogP contribution in [0.1, 0.15) is 31.4 Å². The Hall–Kier alpha value is -1.75. The molecule has 0 aliphatic heterocycles. The molecule has 0 saturated carbocycles. The molecule has 108 valence electrons. The number of rotatable bonds is 7. The van der Waals surface area contributed by atoms with E-state index in [0.717, 1.165) is 32.0 Å². The van der Waals surface area contributed by atoms with Crippen LogP contribution in [0.5, 0.6) is 0 Å². The highest BCUT2D eigenvalue weighted by Gasteiger charge is 2.13. The third-order valence-corrected chi connectivity index (χ3v) is 3.29. The first-order valence-corrected chi connectivity index (χ1v) is 6.84. The van der Waals surface area contributed by atoms with E-state index in [-0.39, 0.29) is 6.04 Å². The zero-order valence-corrected chi connectivity index (χ0v) is 11.5. The molecule has 1 atom stereocenters. The first kappa shape index (κ1) is 14.7. The van der Waals surface area contributed by atoms with Gasteiger partial charge in [-0.2, -0.15) is 0 Å². The summed E-state index contributed by atoms with van der Waals surface area (Å²) in [7, 11) is 0. The lowest BCUT2D eigenvalue weighted by Crippen LogP contribution is -2.23. The van der Waals surface area contributed by atoms with Gasteiger partial charge < -0.3 is 9.88 Å². The van der Waals surface area contributed by atoms with Gasteiger partial charge in [0, 0.05) is 36.6 Å². The Labute approximate surface area is 117 Å². The molecule has 2 rings (SSSR count). The molecule has 5 heteroatoms. The van der Waals surface area contributed by atoms with Crippen LogP contribution in [0.25, 0.3) is 0 Å². The molecule has 0 spiro atoms. The van der Waals surface area contributed by atoms with Gasteiger partial charge in [-0.25, -0.2) is 13.8 Å². The summed E-state index contributed by atoms with van der Waals surface area (Å²) in [6.07, 6.45) is 7.12. The maximum atomic E-state index is 13.7. The Bertz CT molecular complexity index is 526. The van der Waals surface area contributed by atoms with E-state index in [4.69, 9.17) is 0 Å². The summed E-state index contributed by atoms with van der Waals surface area (Å²) in [5, 5.41) is 3.31. The second-order valence-corrected chi connectivity index (χ2v) is 4.73. The van der Waals surface area contributed by atoms with Crippen LogP contribution in [0.3, 0.4) is 0 Å². The van der Waals surface area contributed by atoms with Crippen molar-refractivity contribution in [3.63, 3.8) is 0 Å². The van der Waals surface area contributed by atoms with Crippen molar-refractivity contribution in [3.05, 3.63) is 54.1 Å². The third-order valence-electron chi connectivity index (χ3n) is 3.29. The molecule has 1 N–H and O–H groups in total. The highest BCUT2D eigenvalue weighted by molar-refractivity contribution is 5.22. The van der Waals surface area contributed by atoms with E-state index in [1.807, 2.05) is 17.7 Å². The largest absolute Gasteiger partial charge is 0.337 e. The second kappa shape index (κ2) is 7.14. The molecule has 20 heavy (non-hydrogen) atoms. The number of nitrogens with one attached hydrogen (secondary N) is 1. The molecule has 1 aromatic heterocycles. The number of hydrogen-bond donors (Lipinski definition) is 1. The first-order chi connectivity index (χ1) is 9.70. The van der Waals surface area contributed by atoms with Gasteiger partial charge in [-0.3, -0.25) is 0 Å². The van der Waals surface area contributed by atoms with Gasteiger partial charge >= 0.3 is 0 Å². The lowest BCUT2D eigenvalue weighted by Gasteiger charge is -2.18. The van der Waals surface area contributed by atoms with Gasteiger partial charge in [-0.1, -0.05) is 13.0 Å². The van der Waals surface area contributed by atoms with Crippen molar-refractivity contribution in [2.24, 2.45) is 0 Å². The molecule has 0 aliphatic rings. The Kier molecular flexibility index (Phi) is 5.24. The van der Waals surface area contributed by atoms with Crippen LogP contribution < -0.4 is 5.32 Å². The van der Waals surface area contributed by atoms with Crippen LogP contribution >= 0.6 is 0 Å². The normalized spacial score (nSPS) is 12.6. The molecule has 0 saturated heterocycles. The van der Waals surface area contributed by atoms with Gasteiger partial charge in [0.2, 0.25) is 0 Å². The van der Waals surface area contributed by atoms with Gasteiger partial charge in [0.15, 0.2) is 0 Å². The monoisotopic (exact) mass is 279 g/mol. The lowest BCUT2D eigenvalue weighted by molar-refractivity contribution is 0.467. The van der Waals surface area contributed by atoms with Gasteiger partial charge in [-0.05, 0) is 25.5 Å². The topological polar surface area (TPSA) is 29.9 Å². The van der Waals surface area contributed by atoms with E-state index in [1.54, 1.807) is 12.5 Å². The Morgan fingerprint density at radius 1 is 1.35 bits per heavy atom. The van der Waals surface area contributed by atoms with Crippen LogP contribution in [0.15, 0.2) is 36.9 Å². The molecule has 1 unspecified atom stereocenters. The average molecular weight is 279 g/mol. The van der Waals surface area contributed by atoms with Crippen molar-refractivity contribution in [3.8, 4) is 0 Å². The van der Waals surface area contributed by atoms with Crippen LogP contribution in [0.4, 0.5) is 8.78 Å².